The lowest BCUT2D eigenvalue weighted by Gasteiger charge is -2.15. The normalized spacial score (nSPS) is 10.9. The van der Waals surface area contributed by atoms with Crippen LogP contribution in [0.15, 0.2) is 88.3 Å². The van der Waals surface area contributed by atoms with Gasteiger partial charge < -0.3 is 15.1 Å². The van der Waals surface area contributed by atoms with E-state index in [0.717, 1.165) is 38.9 Å². The van der Waals surface area contributed by atoms with Crippen molar-refractivity contribution in [2.45, 2.75) is 13.5 Å². The molecule has 7 nitrogen and oxygen atoms in total. The van der Waals surface area contributed by atoms with Crippen LogP contribution in [0.3, 0.4) is 0 Å². The van der Waals surface area contributed by atoms with Crippen LogP contribution in [0.25, 0.3) is 22.1 Å². The first-order valence-corrected chi connectivity index (χ1v) is 10.3. The number of furan rings is 1. The summed E-state index contributed by atoms with van der Waals surface area (Å²) in [7, 11) is 0. The minimum absolute atomic E-state index is 0.249. The van der Waals surface area contributed by atoms with Gasteiger partial charge in [0.05, 0.1) is 12.0 Å². The lowest BCUT2D eigenvalue weighted by molar-refractivity contribution is 0.616. The van der Waals surface area contributed by atoms with Gasteiger partial charge in [-0.25, -0.2) is 4.79 Å². The molecule has 32 heavy (non-hydrogen) atoms. The summed E-state index contributed by atoms with van der Waals surface area (Å²) in [5.74, 6) is 0.572. The van der Waals surface area contributed by atoms with E-state index >= 15 is 0 Å². The van der Waals surface area contributed by atoms with E-state index in [1.165, 1.54) is 0 Å². The van der Waals surface area contributed by atoms with Gasteiger partial charge in [-0.15, -0.1) is 0 Å². The summed E-state index contributed by atoms with van der Waals surface area (Å²) < 4.78 is 5.38. The highest BCUT2D eigenvalue weighted by atomic mass is 16.3. The standard InChI is InChI=1S/C25H21N5O2/c1-16-6-5-9-20(18-7-3-2-4-8-18)22(16)27-24-28-23(29-25(31)30-24)26-15-17-10-11-21-19(14-17)12-13-32-21/h2-14H,15H2,1H3,(H3,26,27,28,29,30,31). The van der Waals surface area contributed by atoms with Crippen LogP contribution in [0.1, 0.15) is 11.1 Å². The lowest BCUT2D eigenvalue weighted by atomic mass is 10.0. The molecule has 0 radical (unpaired) electrons. The maximum absolute atomic E-state index is 12.2. The second kappa shape index (κ2) is 8.39. The van der Waals surface area contributed by atoms with E-state index in [9.17, 15) is 4.79 Å². The molecule has 0 aliphatic rings. The van der Waals surface area contributed by atoms with Gasteiger partial charge in [0.1, 0.15) is 5.58 Å². The Hall–Kier alpha value is -4.39. The van der Waals surface area contributed by atoms with E-state index in [4.69, 9.17) is 4.42 Å². The van der Waals surface area contributed by atoms with Crippen molar-refractivity contribution < 1.29 is 4.42 Å². The molecule has 0 amide bonds. The van der Waals surface area contributed by atoms with Gasteiger partial charge in [0.25, 0.3) is 0 Å². The number of anilines is 3. The van der Waals surface area contributed by atoms with Crippen molar-refractivity contribution in [3.05, 3.63) is 101 Å². The Kier molecular flexibility index (Phi) is 5.13. The van der Waals surface area contributed by atoms with Crippen molar-refractivity contribution in [1.29, 1.82) is 0 Å². The third-order valence-electron chi connectivity index (χ3n) is 5.22. The fourth-order valence-electron chi connectivity index (χ4n) is 3.64. The number of aromatic nitrogens is 3. The Morgan fingerprint density at radius 1 is 0.969 bits per heavy atom. The first-order valence-electron chi connectivity index (χ1n) is 10.3. The number of nitrogens with one attached hydrogen (secondary N) is 3. The Bertz CT molecular complexity index is 1440. The Morgan fingerprint density at radius 2 is 1.84 bits per heavy atom. The topological polar surface area (TPSA) is 95.8 Å². The Morgan fingerprint density at radius 3 is 2.72 bits per heavy atom. The largest absolute Gasteiger partial charge is 0.464 e. The van der Waals surface area contributed by atoms with Crippen molar-refractivity contribution in [3.8, 4) is 11.1 Å². The van der Waals surface area contributed by atoms with E-state index in [1.54, 1.807) is 6.26 Å². The maximum Gasteiger partial charge on any atom is 0.351 e. The molecule has 0 aliphatic carbocycles. The average Bonchev–Trinajstić information content (AvgIpc) is 3.27. The molecular formula is C25H21N5O2. The number of H-pyrrole nitrogens is 1. The van der Waals surface area contributed by atoms with Gasteiger partial charge in [0, 0.05) is 17.5 Å². The highest BCUT2D eigenvalue weighted by molar-refractivity contribution is 5.82. The zero-order valence-corrected chi connectivity index (χ0v) is 17.4. The van der Waals surface area contributed by atoms with Crippen LogP contribution in [-0.4, -0.2) is 15.0 Å². The van der Waals surface area contributed by atoms with Crippen molar-refractivity contribution in [2.24, 2.45) is 0 Å². The van der Waals surface area contributed by atoms with Gasteiger partial charge in [-0.1, -0.05) is 54.6 Å². The van der Waals surface area contributed by atoms with Crippen LogP contribution in [0, 0.1) is 6.92 Å². The van der Waals surface area contributed by atoms with Crippen molar-refractivity contribution in [1.82, 2.24) is 15.0 Å². The number of rotatable bonds is 6. The summed E-state index contributed by atoms with van der Waals surface area (Å²) in [6, 6.07) is 24.0. The van der Waals surface area contributed by atoms with Crippen molar-refractivity contribution in [3.63, 3.8) is 0 Å². The van der Waals surface area contributed by atoms with Gasteiger partial charge in [0.2, 0.25) is 11.9 Å². The van der Waals surface area contributed by atoms with Crippen molar-refractivity contribution >= 4 is 28.6 Å². The van der Waals surface area contributed by atoms with E-state index < -0.39 is 5.69 Å². The van der Waals surface area contributed by atoms with Gasteiger partial charge in [-0.2, -0.15) is 9.97 Å². The van der Waals surface area contributed by atoms with Crippen LogP contribution in [0.4, 0.5) is 17.6 Å². The second-order valence-electron chi connectivity index (χ2n) is 7.46. The predicted molar refractivity (Wildman–Crippen MR) is 126 cm³/mol. The first kappa shape index (κ1) is 19.6. The third-order valence-corrected chi connectivity index (χ3v) is 5.22. The molecule has 2 aromatic heterocycles. The number of hydrogen-bond acceptors (Lipinski definition) is 6. The van der Waals surface area contributed by atoms with E-state index in [2.05, 4.69) is 25.6 Å². The number of fused-ring (bicyclic) bond motifs is 1. The molecule has 0 fully saturated rings. The van der Waals surface area contributed by atoms with E-state index in [0.29, 0.717) is 12.5 Å². The monoisotopic (exact) mass is 423 g/mol. The molecule has 0 saturated carbocycles. The molecule has 0 saturated heterocycles. The van der Waals surface area contributed by atoms with Crippen LogP contribution in [0.2, 0.25) is 0 Å². The number of aromatic amines is 1. The summed E-state index contributed by atoms with van der Waals surface area (Å²) in [5.41, 5.74) is 5.39. The summed E-state index contributed by atoms with van der Waals surface area (Å²) >= 11 is 0. The molecule has 5 rings (SSSR count). The second-order valence-corrected chi connectivity index (χ2v) is 7.46. The van der Waals surface area contributed by atoms with E-state index in [1.807, 2.05) is 79.7 Å². The molecule has 2 heterocycles. The van der Waals surface area contributed by atoms with Crippen molar-refractivity contribution in [2.75, 3.05) is 10.6 Å². The molecule has 0 aliphatic heterocycles. The number of nitrogens with zero attached hydrogens (tertiary/aromatic N) is 2. The zero-order valence-electron chi connectivity index (χ0n) is 17.4. The maximum atomic E-state index is 12.2. The quantitative estimate of drug-likeness (QED) is 0.346. The summed E-state index contributed by atoms with van der Waals surface area (Å²) in [6.07, 6.45) is 1.66. The molecule has 5 aromatic rings. The van der Waals surface area contributed by atoms with Gasteiger partial charge >= 0.3 is 5.69 Å². The van der Waals surface area contributed by atoms with Crippen LogP contribution >= 0.6 is 0 Å². The summed E-state index contributed by atoms with van der Waals surface area (Å²) in [5, 5.41) is 7.43. The fourth-order valence-corrected chi connectivity index (χ4v) is 3.64. The molecular weight excluding hydrogens is 402 g/mol. The number of para-hydroxylation sites is 1. The highest BCUT2D eigenvalue weighted by Gasteiger charge is 2.11. The molecule has 158 valence electrons. The minimum atomic E-state index is -0.481. The van der Waals surface area contributed by atoms with E-state index in [-0.39, 0.29) is 5.95 Å². The predicted octanol–water partition coefficient (Wildman–Crippen LogP) is 5.24. The molecule has 0 spiro atoms. The third kappa shape index (κ3) is 4.09. The lowest BCUT2D eigenvalue weighted by Crippen LogP contribution is -2.18. The molecule has 0 bridgehead atoms. The Labute approximate surface area is 184 Å². The van der Waals surface area contributed by atoms with Crippen LogP contribution < -0.4 is 16.3 Å². The number of aryl methyl sites for hydroxylation is 1. The smallest absolute Gasteiger partial charge is 0.351 e. The molecule has 3 N–H and O–H groups in total. The van der Waals surface area contributed by atoms with Gasteiger partial charge in [-0.3, -0.25) is 4.98 Å². The minimum Gasteiger partial charge on any atom is -0.464 e. The van der Waals surface area contributed by atoms with Crippen LogP contribution in [0.5, 0.6) is 0 Å². The van der Waals surface area contributed by atoms with Gasteiger partial charge in [0.15, 0.2) is 0 Å². The summed E-state index contributed by atoms with van der Waals surface area (Å²) in [6.45, 7) is 2.49. The molecule has 3 aromatic carbocycles. The number of hydrogen-bond donors (Lipinski definition) is 3. The van der Waals surface area contributed by atoms with Crippen LogP contribution in [-0.2, 0) is 6.54 Å². The zero-order chi connectivity index (χ0) is 21.9. The summed E-state index contributed by atoms with van der Waals surface area (Å²) in [4.78, 5) is 23.3. The molecule has 0 atom stereocenters. The fraction of sp³-hybridized carbons (Fsp3) is 0.0800. The SMILES string of the molecule is Cc1cccc(-c2ccccc2)c1Nc1nc(NCc2ccc3occc3c2)nc(=O)[nH]1. The Balaban J connectivity index is 1.40. The first-order chi connectivity index (χ1) is 15.7. The molecule has 7 heteroatoms. The molecule has 0 unspecified atom stereocenters. The number of benzene rings is 3. The van der Waals surface area contributed by atoms with Gasteiger partial charge in [-0.05, 0) is 41.8 Å². The average molecular weight is 423 g/mol. The highest BCUT2D eigenvalue weighted by Crippen LogP contribution is 2.32.